The average molecular weight is 486 g/mol. The van der Waals surface area contributed by atoms with Crippen LogP contribution in [0.2, 0.25) is 0 Å². The lowest BCUT2D eigenvalue weighted by Crippen LogP contribution is -2.27. The summed E-state index contributed by atoms with van der Waals surface area (Å²) in [7, 11) is -4.44. The Balaban J connectivity index is 1.87. The second-order valence-corrected chi connectivity index (χ2v) is 10.5. The molecule has 9 nitrogen and oxygen atoms in total. The van der Waals surface area contributed by atoms with Crippen molar-refractivity contribution < 1.29 is 28.6 Å². The molecule has 1 aromatic carbocycles. The number of halogens is 1. The second kappa shape index (κ2) is 9.58. The first-order valence-electron chi connectivity index (χ1n) is 9.20. The van der Waals surface area contributed by atoms with Gasteiger partial charge < -0.3 is 24.6 Å². The highest BCUT2D eigenvalue weighted by molar-refractivity contribution is 8.15. The molecule has 0 spiro atoms. The van der Waals surface area contributed by atoms with E-state index in [4.69, 9.17) is 21.1 Å². The number of aromatic nitrogens is 1. The molecule has 1 amide bonds. The zero-order valence-electron chi connectivity index (χ0n) is 16.9. The summed E-state index contributed by atoms with van der Waals surface area (Å²) in [6, 6.07) is 6.10. The van der Waals surface area contributed by atoms with Gasteiger partial charge in [0, 0.05) is 23.9 Å². The number of pyridine rings is 1. The van der Waals surface area contributed by atoms with Crippen LogP contribution in [-0.4, -0.2) is 43.2 Å². The Morgan fingerprint density at radius 1 is 1.29 bits per heavy atom. The van der Waals surface area contributed by atoms with Crippen LogP contribution in [-0.2, 0) is 4.57 Å². The van der Waals surface area contributed by atoms with Gasteiger partial charge in [0.05, 0.1) is 18.0 Å². The van der Waals surface area contributed by atoms with Crippen molar-refractivity contribution >= 4 is 47.3 Å². The van der Waals surface area contributed by atoms with Crippen LogP contribution in [0.4, 0.5) is 0 Å². The van der Waals surface area contributed by atoms with E-state index in [1.807, 2.05) is 13.8 Å². The van der Waals surface area contributed by atoms with Gasteiger partial charge in [-0.25, -0.2) is 4.98 Å². The molecule has 3 rings (SSSR count). The van der Waals surface area contributed by atoms with Crippen LogP contribution in [0.5, 0.6) is 17.4 Å². The number of benzene rings is 1. The number of nitrogens with one attached hydrogen (secondary N) is 1. The molecule has 0 fully saturated rings. The molecular formula is C19H21ClN3O6PS. The van der Waals surface area contributed by atoms with Gasteiger partial charge in [0.15, 0.2) is 5.17 Å². The molecule has 12 heteroatoms. The first kappa shape index (κ1) is 23.6. The maximum absolute atomic E-state index is 12.7. The molecule has 0 saturated heterocycles. The maximum atomic E-state index is 12.7. The quantitative estimate of drug-likeness (QED) is 0.420. The van der Waals surface area contributed by atoms with E-state index in [1.54, 1.807) is 19.1 Å². The highest BCUT2D eigenvalue weighted by Gasteiger charge is 2.22. The fraction of sp³-hybridized carbons (Fsp3) is 0.316. The minimum Gasteiger partial charge on any atom is -0.491 e. The van der Waals surface area contributed by atoms with E-state index in [-0.39, 0.29) is 33.3 Å². The van der Waals surface area contributed by atoms with E-state index in [0.29, 0.717) is 23.0 Å². The minimum atomic E-state index is -4.44. The molecule has 166 valence electrons. The van der Waals surface area contributed by atoms with E-state index in [2.05, 4.69) is 15.3 Å². The van der Waals surface area contributed by atoms with Gasteiger partial charge in [0.1, 0.15) is 16.2 Å². The molecule has 1 atom stereocenters. The first-order valence-corrected chi connectivity index (χ1v) is 12.1. The Morgan fingerprint density at radius 3 is 2.58 bits per heavy atom. The topological polar surface area (TPSA) is 130 Å². The predicted molar refractivity (Wildman–Crippen MR) is 120 cm³/mol. The average Bonchev–Trinajstić information content (AvgIpc) is 3.04. The van der Waals surface area contributed by atoms with Gasteiger partial charge in [0.2, 0.25) is 5.88 Å². The Hall–Kier alpha value is -2.10. The van der Waals surface area contributed by atoms with Gasteiger partial charge in [-0.05, 0) is 38.5 Å². The Morgan fingerprint density at radius 2 is 2.00 bits per heavy atom. The molecule has 0 saturated carbocycles. The molecule has 1 unspecified atom stereocenters. The lowest BCUT2D eigenvalue weighted by atomic mass is 10.2. The molecule has 0 aliphatic carbocycles. The number of amidine groups is 1. The number of carbonyl (C=O) groups excluding carboxylic acids is 1. The number of nitrogens with zero attached hydrogens (tertiary/aromatic N) is 2. The van der Waals surface area contributed by atoms with Crippen LogP contribution in [0.3, 0.4) is 0 Å². The van der Waals surface area contributed by atoms with Gasteiger partial charge >= 0.3 is 7.60 Å². The summed E-state index contributed by atoms with van der Waals surface area (Å²) in [5.74, 6) is 0.397. The predicted octanol–water partition coefficient (Wildman–Crippen LogP) is 3.17. The third-order valence-corrected chi connectivity index (χ3v) is 6.31. The zero-order valence-corrected chi connectivity index (χ0v) is 19.4. The van der Waals surface area contributed by atoms with Crippen molar-refractivity contribution in [2.75, 3.05) is 6.54 Å². The number of thioether (sulfide) groups is 1. The zero-order chi connectivity index (χ0) is 22.8. The maximum Gasteiger partial charge on any atom is 0.358 e. The van der Waals surface area contributed by atoms with Crippen molar-refractivity contribution in [2.24, 2.45) is 4.99 Å². The number of alkyl halides is 1. The summed E-state index contributed by atoms with van der Waals surface area (Å²) < 4.78 is 22.7. The Kier molecular flexibility index (Phi) is 7.28. The number of amides is 1. The van der Waals surface area contributed by atoms with Crippen LogP contribution < -0.4 is 20.1 Å². The summed E-state index contributed by atoms with van der Waals surface area (Å²) in [5.41, 5.74) is 0.607. The monoisotopic (exact) mass is 485 g/mol. The normalized spacial score (nSPS) is 16.2. The highest BCUT2D eigenvalue weighted by atomic mass is 35.5. The number of rotatable bonds is 6. The van der Waals surface area contributed by atoms with Crippen molar-refractivity contribution in [1.82, 2.24) is 10.3 Å². The number of hydrogen-bond acceptors (Lipinski definition) is 7. The number of hydrogen-bond donors (Lipinski definition) is 3. The molecule has 1 aliphatic heterocycles. The van der Waals surface area contributed by atoms with Crippen molar-refractivity contribution in [3.05, 3.63) is 41.6 Å². The number of aryl methyl sites for hydroxylation is 1. The van der Waals surface area contributed by atoms with Crippen LogP contribution >= 0.6 is 31.0 Å². The van der Waals surface area contributed by atoms with Crippen molar-refractivity contribution in [3.8, 4) is 17.4 Å². The third kappa shape index (κ3) is 6.44. The molecule has 31 heavy (non-hydrogen) atoms. The number of ether oxygens (including phenoxy) is 2. The lowest BCUT2D eigenvalue weighted by Gasteiger charge is -2.14. The molecular weight excluding hydrogens is 465 g/mol. The van der Waals surface area contributed by atoms with Crippen LogP contribution in [0.25, 0.3) is 0 Å². The molecule has 2 aromatic rings. The van der Waals surface area contributed by atoms with E-state index >= 15 is 0 Å². The van der Waals surface area contributed by atoms with Crippen LogP contribution in [0, 0.1) is 6.92 Å². The van der Waals surface area contributed by atoms with Crippen molar-refractivity contribution in [2.45, 2.75) is 31.6 Å². The van der Waals surface area contributed by atoms with E-state index < -0.39 is 13.5 Å². The van der Waals surface area contributed by atoms with Gasteiger partial charge in [0.25, 0.3) is 5.91 Å². The standard InChI is InChI=1S/C19H21ClN3O6PS/c1-10(2)28-13-5-12(18(24)23-19-22-9-16(20)31-19)6-14(7-13)29-17-4-11(3)15(8-21-17)30(25,26)27/h4-8,10,16H,9H2,1-3H3,(H,22,23,24)(H2,25,26,27). The summed E-state index contributed by atoms with van der Waals surface area (Å²) in [4.78, 5) is 39.5. The molecule has 0 bridgehead atoms. The SMILES string of the molecule is Cc1cc(Oc2cc(OC(C)C)cc(C(=O)NC3=NCC(Cl)S3)c2)ncc1P(=O)(O)O. The molecule has 0 radical (unpaired) electrons. The smallest absolute Gasteiger partial charge is 0.358 e. The van der Waals surface area contributed by atoms with Crippen molar-refractivity contribution in [1.29, 1.82) is 0 Å². The summed E-state index contributed by atoms with van der Waals surface area (Å²) in [5, 5.41) is 2.97. The molecule has 1 aromatic heterocycles. The van der Waals surface area contributed by atoms with E-state index in [0.717, 1.165) is 6.20 Å². The van der Waals surface area contributed by atoms with E-state index in [9.17, 15) is 19.1 Å². The molecule has 2 heterocycles. The van der Waals surface area contributed by atoms with Gasteiger partial charge in [-0.1, -0.05) is 11.8 Å². The third-order valence-electron chi connectivity index (χ3n) is 3.95. The molecule has 1 aliphatic rings. The Bertz CT molecular complexity index is 1070. The molecule has 3 N–H and O–H groups in total. The summed E-state index contributed by atoms with van der Waals surface area (Å²) in [6.45, 7) is 5.67. The van der Waals surface area contributed by atoms with Gasteiger partial charge in [-0.2, -0.15) is 0 Å². The minimum absolute atomic E-state index is 0.114. The number of aliphatic imine (C=N–C) groups is 1. The lowest BCUT2D eigenvalue weighted by molar-refractivity contribution is 0.0976. The summed E-state index contributed by atoms with van der Waals surface area (Å²) in [6.07, 6.45) is 0.937. The van der Waals surface area contributed by atoms with Crippen LogP contribution in [0.1, 0.15) is 29.8 Å². The largest absolute Gasteiger partial charge is 0.491 e. The second-order valence-electron chi connectivity index (χ2n) is 6.94. The van der Waals surface area contributed by atoms with E-state index in [1.165, 1.54) is 23.9 Å². The van der Waals surface area contributed by atoms with Crippen molar-refractivity contribution in [3.63, 3.8) is 0 Å². The Labute approximate surface area is 188 Å². The fourth-order valence-electron chi connectivity index (χ4n) is 2.70. The summed E-state index contributed by atoms with van der Waals surface area (Å²) >= 11 is 7.25. The van der Waals surface area contributed by atoms with Gasteiger partial charge in [-0.15, -0.1) is 11.6 Å². The van der Waals surface area contributed by atoms with Crippen LogP contribution in [0.15, 0.2) is 35.5 Å². The first-order chi connectivity index (χ1) is 14.5. The van der Waals surface area contributed by atoms with Gasteiger partial charge in [-0.3, -0.25) is 14.4 Å². The highest BCUT2D eigenvalue weighted by Crippen LogP contribution is 2.35. The fourth-order valence-corrected chi connectivity index (χ4v) is 4.44. The number of carbonyl (C=O) groups is 1.